The number of rotatable bonds is 5. The Balaban J connectivity index is 1.37. The van der Waals surface area contributed by atoms with E-state index >= 15 is 0 Å². The molecule has 0 radical (unpaired) electrons. The molecule has 1 unspecified atom stereocenters. The van der Waals surface area contributed by atoms with Crippen molar-refractivity contribution >= 4 is 56.4 Å². The zero-order valence-electron chi connectivity index (χ0n) is 20.5. The van der Waals surface area contributed by atoms with Crippen molar-refractivity contribution in [2.75, 3.05) is 22.9 Å². The van der Waals surface area contributed by atoms with Crippen LogP contribution in [-0.4, -0.2) is 18.5 Å². The number of hydrogen-bond acceptors (Lipinski definition) is 4. The molecule has 1 atom stereocenters. The molecule has 2 aliphatic heterocycles. The largest absolute Gasteiger partial charge is 0.355 e. The Morgan fingerprint density at radius 1 is 0.771 bits per heavy atom. The summed E-state index contributed by atoms with van der Waals surface area (Å²) < 4.78 is 0. The van der Waals surface area contributed by atoms with Gasteiger partial charge in [-0.05, 0) is 60.9 Å². The molecule has 2 aliphatic rings. The Bertz CT molecular complexity index is 1490. The molecule has 0 fully saturated rings. The summed E-state index contributed by atoms with van der Waals surface area (Å²) in [6.07, 6.45) is 5.94. The van der Waals surface area contributed by atoms with Crippen LogP contribution in [0.15, 0.2) is 105 Å². The summed E-state index contributed by atoms with van der Waals surface area (Å²) in [5.74, 6) is 0. The van der Waals surface area contributed by atoms with Gasteiger partial charge in [0.15, 0.2) is 0 Å². The highest BCUT2D eigenvalue weighted by Crippen LogP contribution is 2.51. The Labute approximate surface area is 216 Å². The third-order valence-corrected chi connectivity index (χ3v) is 9.36. The van der Waals surface area contributed by atoms with Crippen LogP contribution in [0.1, 0.15) is 27.2 Å². The summed E-state index contributed by atoms with van der Waals surface area (Å²) in [6.45, 7) is 8.77. The Hall–Kier alpha value is -2.82. The monoisotopic (exact) mass is 494 g/mol. The summed E-state index contributed by atoms with van der Waals surface area (Å²) in [6, 6.07) is 26.6. The first kappa shape index (κ1) is 22.6. The summed E-state index contributed by atoms with van der Waals surface area (Å²) >= 11 is 3.89. The molecule has 35 heavy (non-hydrogen) atoms. The summed E-state index contributed by atoms with van der Waals surface area (Å²) in [5, 5.41) is 6.98. The van der Waals surface area contributed by atoms with Gasteiger partial charge in [-0.3, -0.25) is 0 Å². The molecular formula is C31H30N2S2. The summed E-state index contributed by atoms with van der Waals surface area (Å²) in [5.41, 5.74) is 4.15. The first-order valence-corrected chi connectivity index (χ1v) is 14.3. The minimum atomic E-state index is 0.317. The Morgan fingerprint density at radius 3 is 2.09 bits per heavy atom. The van der Waals surface area contributed by atoms with E-state index in [4.69, 9.17) is 0 Å². The molecule has 4 aromatic carbocycles. The molecular weight excluding hydrogens is 464 g/mol. The van der Waals surface area contributed by atoms with E-state index in [0.717, 1.165) is 19.5 Å². The summed E-state index contributed by atoms with van der Waals surface area (Å²) in [4.78, 5) is 7.81. The molecule has 4 heteroatoms. The maximum Gasteiger partial charge on any atom is 0.0988 e. The van der Waals surface area contributed by atoms with Crippen LogP contribution in [0.3, 0.4) is 0 Å². The van der Waals surface area contributed by atoms with E-state index in [9.17, 15) is 0 Å². The van der Waals surface area contributed by atoms with Crippen molar-refractivity contribution in [2.45, 2.75) is 42.4 Å². The molecule has 0 saturated carbocycles. The highest BCUT2D eigenvalue weighted by Gasteiger charge is 2.30. The van der Waals surface area contributed by atoms with Gasteiger partial charge in [-0.2, -0.15) is 0 Å². The van der Waals surface area contributed by atoms with E-state index in [0.29, 0.717) is 5.37 Å². The topological polar surface area (TPSA) is 6.48 Å². The van der Waals surface area contributed by atoms with Gasteiger partial charge < -0.3 is 9.80 Å². The molecule has 2 nitrogen and oxygen atoms in total. The van der Waals surface area contributed by atoms with E-state index in [1.54, 1.807) is 0 Å². The second-order valence-corrected chi connectivity index (χ2v) is 11.2. The fraction of sp³-hybridized carbons (Fsp3) is 0.226. The van der Waals surface area contributed by atoms with E-state index in [1.165, 1.54) is 53.3 Å². The average molecular weight is 495 g/mol. The minimum Gasteiger partial charge on any atom is -0.355 e. The lowest BCUT2D eigenvalue weighted by molar-refractivity contribution is 0.875. The van der Waals surface area contributed by atoms with Crippen LogP contribution < -0.4 is 9.80 Å². The molecule has 4 aromatic rings. The quantitative estimate of drug-likeness (QED) is 0.273. The third kappa shape index (κ3) is 3.84. The molecule has 6 rings (SSSR count). The predicted molar refractivity (Wildman–Crippen MR) is 156 cm³/mol. The van der Waals surface area contributed by atoms with E-state index in [-0.39, 0.29) is 0 Å². The van der Waals surface area contributed by atoms with Crippen LogP contribution in [0.5, 0.6) is 0 Å². The minimum absolute atomic E-state index is 0.317. The molecule has 0 spiro atoms. The van der Waals surface area contributed by atoms with Gasteiger partial charge in [0, 0.05) is 33.7 Å². The first-order chi connectivity index (χ1) is 17.2. The fourth-order valence-electron chi connectivity index (χ4n) is 5.31. The van der Waals surface area contributed by atoms with Gasteiger partial charge in [0.1, 0.15) is 0 Å². The predicted octanol–water partition coefficient (Wildman–Crippen LogP) is 9.06. The van der Waals surface area contributed by atoms with Crippen LogP contribution in [0.25, 0.3) is 21.5 Å². The normalized spacial score (nSPS) is 18.7. The van der Waals surface area contributed by atoms with Gasteiger partial charge in [-0.1, -0.05) is 91.1 Å². The molecule has 0 bridgehead atoms. The molecule has 0 N–H and O–H groups in total. The number of nitrogens with zero attached hydrogens (tertiary/aromatic N) is 2. The van der Waals surface area contributed by atoms with Crippen molar-refractivity contribution in [3.8, 4) is 0 Å². The van der Waals surface area contributed by atoms with Crippen LogP contribution in [0.4, 0.5) is 11.4 Å². The standard InChI is InChI=1S/C31H30N2S2/c1-4-21(19-28-32(5-2)30-24-13-9-7-11-22(24)15-17-26(30)34-28)20-29-33(6-3)31-25-14-10-8-12-23(25)16-18-27(31)35-29/h7-20,28H,4-6H2,1-3H3/b21-19-,29-20+. The number of hydrogen-bond donors (Lipinski definition) is 0. The SMILES string of the molecule is CCC(=C/C1Sc2ccc3ccccc3c2N1CC)/C=C1/Sc2ccc3ccccc3c2N1CC. The molecule has 0 saturated heterocycles. The van der Waals surface area contributed by atoms with Crippen molar-refractivity contribution < 1.29 is 0 Å². The van der Waals surface area contributed by atoms with Gasteiger partial charge >= 0.3 is 0 Å². The lowest BCUT2D eigenvalue weighted by Gasteiger charge is -2.25. The molecule has 2 heterocycles. The second-order valence-electron chi connectivity index (χ2n) is 8.99. The van der Waals surface area contributed by atoms with Crippen molar-refractivity contribution in [2.24, 2.45) is 0 Å². The number of fused-ring (bicyclic) bond motifs is 6. The van der Waals surface area contributed by atoms with Gasteiger partial charge in [0.05, 0.1) is 21.8 Å². The van der Waals surface area contributed by atoms with Crippen LogP contribution in [0, 0.1) is 0 Å². The summed E-state index contributed by atoms with van der Waals surface area (Å²) in [7, 11) is 0. The zero-order chi connectivity index (χ0) is 23.9. The number of thioether (sulfide) groups is 2. The van der Waals surface area contributed by atoms with Crippen molar-refractivity contribution in [1.82, 2.24) is 0 Å². The molecule has 0 aliphatic carbocycles. The highest BCUT2D eigenvalue weighted by atomic mass is 32.2. The van der Waals surface area contributed by atoms with Gasteiger partial charge in [-0.15, -0.1) is 0 Å². The maximum atomic E-state index is 2.57. The highest BCUT2D eigenvalue weighted by molar-refractivity contribution is 8.03. The van der Waals surface area contributed by atoms with Crippen molar-refractivity contribution in [3.63, 3.8) is 0 Å². The van der Waals surface area contributed by atoms with Crippen LogP contribution in [-0.2, 0) is 0 Å². The van der Waals surface area contributed by atoms with E-state index in [1.807, 2.05) is 23.5 Å². The molecule has 0 aromatic heterocycles. The maximum absolute atomic E-state index is 2.57. The van der Waals surface area contributed by atoms with Gasteiger partial charge in [-0.25, -0.2) is 0 Å². The van der Waals surface area contributed by atoms with E-state index in [2.05, 4.69) is 116 Å². The number of likely N-dealkylation sites (N-methyl/N-ethyl adjacent to an activating group) is 1. The van der Waals surface area contributed by atoms with Crippen LogP contribution >= 0.6 is 23.5 Å². The average Bonchev–Trinajstić information content (AvgIpc) is 3.45. The van der Waals surface area contributed by atoms with Gasteiger partial charge in [0.2, 0.25) is 0 Å². The lowest BCUT2D eigenvalue weighted by Crippen LogP contribution is -2.27. The van der Waals surface area contributed by atoms with Crippen LogP contribution in [0.2, 0.25) is 0 Å². The third-order valence-electron chi connectivity index (χ3n) is 7.05. The zero-order valence-corrected chi connectivity index (χ0v) is 22.1. The Kier molecular flexibility index (Phi) is 6.03. The Morgan fingerprint density at radius 2 is 1.43 bits per heavy atom. The smallest absolute Gasteiger partial charge is 0.0988 e. The number of anilines is 2. The number of benzene rings is 4. The number of allylic oxidation sites excluding steroid dienone is 2. The lowest BCUT2D eigenvalue weighted by atomic mass is 10.1. The van der Waals surface area contributed by atoms with Crippen molar-refractivity contribution in [1.29, 1.82) is 0 Å². The molecule has 176 valence electrons. The van der Waals surface area contributed by atoms with E-state index < -0.39 is 0 Å². The molecule has 0 amide bonds. The first-order valence-electron chi connectivity index (χ1n) is 12.6. The van der Waals surface area contributed by atoms with Gasteiger partial charge in [0.25, 0.3) is 0 Å². The second kappa shape index (κ2) is 9.33. The van der Waals surface area contributed by atoms with Crippen molar-refractivity contribution in [3.05, 3.63) is 95.6 Å². The fourth-order valence-corrected chi connectivity index (χ4v) is 7.90.